The van der Waals surface area contributed by atoms with Gasteiger partial charge in [0.25, 0.3) is 0 Å². The van der Waals surface area contributed by atoms with Gasteiger partial charge in [-0.05, 0) is 104 Å². The minimum atomic E-state index is -1.86. The van der Waals surface area contributed by atoms with E-state index in [1.807, 2.05) is 0 Å². The predicted octanol–water partition coefficient (Wildman–Crippen LogP) is 8.11. The van der Waals surface area contributed by atoms with Crippen LogP contribution < -0.4 is 0 Å². The topological polar surface area (TPSA) is 49.9 Å². The van der Waals surface area contributed by atoms with E-state index >= 15 is 0 Å². The summed E-state index contributed by atoms with van der Waals surface area (Å²) >= 11 is 0. The zero-order valence-corrected chi connectivity index (χ0v) is 27.7. The quantitative estimate of drug-likeness (QED) is 0.204. The largest absolute Gasteiger partial charge is 0.455 e. The van der Waals surface area contributed by atoms with Gasteiger partial charge in [0.2, 0.25) is 11.8 Å². The van der Waals surface area contributed by atoms with Gasteiger partial charge in [-0.25, -0.2) is 0 Å². The molecule has 0 unspecified atom stereocenters. The standard InChI is InChI=1S/C30H60N2O3Si2/c1-25(2)31(27-17-11-9-12-18-27)29(33)21-15-23-36(5,6)35-37(7,8)24-16-22-30(34)32(26(3)4)28-19-13-10-14-20-28/h25-28H,9-24H2,1-8H3. The Morgan fingerprint density at radius 3 is 1.27 bits per heavy atom. The third kappa shape index (κ3) is 11.2. The summed E-state index contributed by atoms with van der Waals surface area (Å²) in [7, 11) is -3.71. The summed E-state index contributed by atoms with van der Waals surface area (Å²) in [5.74, 6) is 0.684. The predicted molar refractivity (Wildman–Crippen MR) is 162 cm³/mol. The summed E-state index contributed by atoms with van der Waals surface area (Å²) in [4.78, 5) is 30.7. The Kier molecular flexibility index (Phi) is 13.4. The number of nitrogens with zero attached hydrogens (tertiary/aromatic N) is 2. The Labute approximate surface area is 231 Å². The molecule has 0 aromatic carbocycles. The molecule has 2 aliphatic carbocycles. The Hall–Kier alpha value is -0.666. The second-order valence-corrected chi connectivity index (χ2v) is 22.6. The van der Waals surface area contributed by atoms with Crippen molar-refractivity contribution in [3.05, 3.63) is 0 Å². The van der Waals surface area contributed by atoms with Crippen molar-refractivity contribution < 1.29 is 13.7 Å². The minimum Gasteiger partial charge on any atom is -0.455 e. The highest BCUT2D eigenvalue weighted by Gasteiger charge is 2.34. The van der Waals surface area contributed by atoms with Crippen LogP contribution in [0.3, 0.4) is 0 Å². The molecule has 2 fully saturated rings. The van der Waals surface area contributed by atoms with Crippen LogP contribution in [0.25, 0.3) is 0 Å². The third-order valence-electron chi connectivity index (χ3n) is 8.52. The van der Waals surface area contributed by atoms with Gasteiger partial charge in [0.05, 0.1) is 0 Å². The molecule has 2 amide bonds. The SMILES string of the molecule is CC(C)N(C(=O)CCC[Si](C)(C)O[Si](C)(C)CCCC(=O)N(C(C)C)C1CCCCC1)C1CCCCC1. The van der Waals surface area contributed by atoms with Crippen LogP contribution in [0.1, 0.15) is 118 Å². The molecule has 0 aromatic heterocycles. The number of hydrogen-bond acceptors (Lipinski definition) is 3. The number of carbonyl (C=O) groups excluding carboxylic acids is 2. The fourth-order valence-corrected chi connectivity index (χ4v) is 15.8. The number of rotatable bonds is 14. The summed E-state index contributed by atoms with van der Waals surface area (Å²) in [6, 6.07) is 3.54. The maximum absolute atomic E-state index is 13.2. The molecule has 7 heteroatoms. The van der Waals surface area contributed by atoms with E-state index in [2.05, 4.69) is 63.7 Å². The van der Waals surface area contributed by atoms with Crippen molar-refractivity contribution in [3.8, 4) is 0 Å². The molecule has 2 aliphatic rings. The lowest BCUT2D eigenvalue weighted by molar-refractivity contribution is -0.137. The van der Waals surface area contributed by atoms with Crippen molar-refractivity contribution >= 4 is 28.4 Å². The lowest BCUT2D eigenvalue weighted by Crippen LogP contribution is -2.47. The Morgan fingerprint density at radius 1 is 0.649 bits per heavy atom. The normalized spacial score (nSPS) is 18.4. The third-order valence-corrected chi connectivity index (χ3v) is 16.1. The van der Waals surface area contributed by atoms with Crippen LogP contribution in [0.2, 0.25) is 38.3 Å². The zero-order chi connectivity index (χ0) is 27.6. The first-order valence-electron chi connectivity index (χ1n) is 15.7. The molecule has 37 heavy (non-hydrogen) atoms. The smallest absolute Gasteiger partial charge is 0.223 e. The molecule has 0 saturated heterocycles. The van der Waals surface area contributed by atoms with Crippen LogP contribution in [0.4, 0.5) is 0 Å². The fraction of sp³-hybridized carbons (Fsp3) is 0.933. The van der Waals surface area contributed by atoms with Crippen molar-refractivity contribution in [2.45, 2.75) is 180 Å². The van der Waals surface area contributed by atoms with E-state index in [0.717, 1.165) is 24.9 Å². The molecule has 0 radical (unpaired) electrons. The molecule has 216 valence electrons. The van der Waals surface area contributed by atoms with Crippen molar-refractivity contribution in [3.63, 3.8) is 0 Å². The van der Waals surface area contributed by atoms with Gasteiger partial charge in [-0.1, -0.05) is 38.5 Å². The minimum absolute atomic E-state index is 0.288. The van der Waals surface area contributed by atoms with E-state index < -0.39 is 16.6 Å². The van der Waals surface area contributed by atoms with Gasteiger partial charge >= 0.3 is 0 Å². The van der Waals surface area contributed by atoms with Gasteiger partial charge in [0.1, 0.15) is 0 Å². The van der Waals surface area contributed by atoms with Crippen LogP contribution in [-0.4, -0.2) is 62.4 Å². The molecule has 0 aromatic rings. The first-order chi connectivity index (χ1) is 17.3. The summed E-state index contributed by atoms with van der Waals surface area (Å²) < 4.78 is 6.87. The fourth-order valence-electron chi connectivity index (χ4n) is 6.98. The first kappa shape index (κ1) is 32.5. The van der Waals surface area contributed by atoms with Gasteiger partial charge < -0.3 is 13.9 Å². The Balaban J connectivity index is 1.78. The van der Waals surface area contributed by atoms with Gasteiger partial charge in [-0.2, -0.15) is 0 Å². The summed E-state index contributed by atoms with van der Waals surface area (Å²) in [5.41, 5.74) is 0. The average Bonchev–Trinajstić information content (AvgIpc) is 2.79. The summed E-state index contributed by atoms with van der Waals surface area (Å²) in [6.07, 6.45) is 15.5. The lowest BCUT2D eigenvalue weighted by atomic mass is 9.93. The Bertz CT molecular complexity index is 641. The molecule has 0 spiro atoms. The maximum Gasteiger partial charge on any atom is 0.223 e. The van der Waals surface area contributed by atoms with Crippen molar-refractivity contribution in [1.82, 2.24) is 9.80 Å². The van der Waals surface area contributed by atoms with Gasteiger partial charge in [0, 0.05) is 37.0 Å². The van der Waals surface area contributed by atoms with Crippen LogP contribution in [0, 0.1) is 0 Å². The average molecular weight is 553 g/mol. The molecule has 2 rings (SSSR count). The number of amides is 2. The van der Waals surface area contributed by atoms with Crippen LogP contribution >= 0.6 is 0 Å². The first-order valence-corrected chi connectivity index (χ1v) is 21.9. The van der Waals surface area contributed by atoms with Gasteiger partial charge in [0.15, 0.2) is 16.6 Å². The van der Waals surface area contributed by atoms with E-state index in [1.54, 1.807) is 0 Å². The van der Waals surface area contributed by atoms with Gasteiger partial charge in [-0.3, -0.25) is 9.59 Å². The van der Waals surface area contributed by atoms with Crippen molar-refractivity contribution in [1.29, 1.82) is 0 Å². The molecule has 0 heterocycles. The number of hydrogen-bond donors (Lipinski definition) is 0. The van der Waals surface area contributed by atoms with E-state index in [1.165, 1.54) is 64.2 Å². The maximum atomic E-state index is 13.2. The second-order valence-electron chi connectivity index (χ2n) is 13.7. The van der Waals surface area contributed by atoms with E-state index in [0.29, 0.717) is 36.7 Å². The number of carbonyl (C=O) groups is 2. The summed E-state index contributed by atoms with van der Waals surface area (Å²) in [5, 5.41) is 0. The molecule has 0 atom stereocenters. The zero-order valence-electron chi connectivity index (χ0n) is 25.7. The molecule has 2 saturated carbocycles. The molecule has 0 bridgehead atoms. The molecular weight excluding hydrogens is 493 g/mol. The molecule has 5 nitrogen and oxygen atoms in total. The van der Waals surface area contributed by atoms with E-state index in [-0.39, 0.29) is 12.1 Å². The lowest BCUT2D eigenvalue weighted by Gasteiger charge is -2.38. The highest BCUT2D eigenvalue weighted by Crippen LogP contribution is 2.29. The van der Waals surface area contributed by atoms with Crippen molar-refractivity contribution in [2.24, 2.45) is 0 Å². The highest BCUT2D eigenvalue weighted by molar-refractivity contribution is 6.84. The highest BCUT2D eigenvalue weighted by atomic mass is 28.4. The van der Waals surface area contributed by atoms with Crippen molar-refractivity contribution in [2.75, 3.05) is 0 Å². The van der Waals surface area contributed by atoms with Crippen LogP contribution in [0.15, 0.2) is 0 Å². The summed E-state index contributed by atoms with van der Waals surface area (Å²) in [6.45, 7) is 18.0. The molecule has 0 N–H and O–H groups in total. The molecule has 0 aliphatic heterocycles. The second kappa shape index (κ2) is 15.2. The Morgan fingerprint density at radius 2 is 0.973 bits per heavy atom. The van der Waals surface area contributed by atoms with Crippen LogP contribution in [0.5, 0.6) is 0 Å². The van der Waals surface area contributed by atoms with Crippen LogP contribution in [-0.2, 0) is 13.7 Å². The monoisotopic (exact) mass is 552 g/mol. The van der Waals surface area contributed by atoms with E-state index in [9.17, 15) is 9.59 Å². The van der Waals surface area contributed by atoms with Gasteiger partial charge in [-0.15, -0.1) is 0 Å². The molecular formula is C30H60N2O3Si2. The van der Waals surface area contributed by atoms with E-state index in [4.69, 9.17) is 4.12 Å².